The summed E-state index contributed by atoms with van der Waals surface area (Å²) in [5.74, 6) is 0.617. The number of hydrogen-bond donors (Lipinski definition) is 2. The molecule has 0 aliphatic rings. The number of amides is 1. The normalized spacial score (nSPS) is 12.3. The van der Waals surface area contributed by atoms with E-state index in [4.69, 9.17) is 4.74 Å². The molecule has 6 rings (SSSR count). The number of carbonyl (C=O) groups is 1. The minimum Gasteiger partial charge on any atom is -0.444 e. The third-order valence-electron chi connectivity index (χ3n) is 7.12. The van der Waals surface area contributed by atoms with E-state index in [0.717, 1.165) is 38.3 Å². The van der Waals surface area contributed by atoms with Crippen molar-refractivity contribution >= 4 is 44.4 Å². The van der Waals surface area contributed by atoms with Gasteiger partial charge >= 0.3 is 6.09 Å². The second kappa shape index (κ2) is 11.9. The van der Waals surface area contributed by atoms with E-state index in [2.05, 4.69) is 31.7 Å². The fourth-order valence-corrected chi connectivity index (χ4v) is 5.78. The number of alkyl carbamates (subject to hydrolysis) is 1. The lowest BCUT2D eigenvalue weighted by atomic mass is 9.97. The number of fused-ring (bicyclic) bond motifs is 2. The summed E-state index contributed by atoms with van der Waals surface area (Å²) in [6, 6.07) is 25.2. The molecule has 10 heteroatoms. The van der Waals surface area contributed by atoms with Gasteiger partial charge in [-0.15, -0.1) is 11.3 Å². The molecule has 9 nitrogen and oxygen atoms in total. The number of hydrogen-bond acceptors (Lipinski definition) is 8. The SMILES string of the molecule is C[C@H](Nc1ncnc2scnc12)c1cc2cccc(-c3ccc(CNC(=O)OC(C)(C)C)cc3)c2c(=O)n1-c1ccccc1. The van der Waals surface area contributed by atoms with Gasteiger partial charge in [-0.05, 0) is 68.0 Å². The lowest BCUT2D eigenvalue weighted by Gasteiger charge is -2.22. The fraction of sp³-hybridized carbons (Fsp3) is 0.206. The Balaban J connectivity index is 1.39. The molecule has 6 aromatic rings. The average molecular weight is 605 g/mol. The Morgan fingerprint density at radius 1 is 0.977 bits per heavy atom. The quantitative estimate of drug-likeness (QED) is 0.197. The van der Waals surface area contributed by atoms with Crippen LogP contribution in [0.25, 0.3) is 37.9 Å². The zero-order valence-corrected chi connectivity index (χ0v) is 25.7. The lowest BCUT2D eigenvalue weighted by Crippen LogP contribution is -2.32. The molecule has 0 bridgehead atoms. The summed E-state index contributed by atoms with van der Waals surface area (Å²) in [7, 11) is 0. The van der Waals surface area contributed by atoms with Crippen LogP contribution < -0.4 is 16.2 Å². The van der Waals surface area contributed by atoms with Crippen LogP contribution in [-0.2, 0) is 11.3 Å². The van der Waals surface area contributed by atoms with Crippen molar-refractivity contribution in [3.05, 3.63) is 112 Å². The Morgan fingerprint density at radius 2 is 1.75 bits per heavy atom. The molecular weight excluding hydrogens is 572 g/mol. The number of aromatic nitrogens is 4. The van der Waals surface area contributed by atoms with E-state index in [0.29, 0.717) is 23.3 Å². The van der Waals surface area contributed by atoms with Gasteiger partial charge in [-0.3, -0.25) is 9.36 Å². The van der Waals surface area contributed by atoms with Crippen LogP contribution in [0, 0.1) is 0 Å². The number of anilines is 1. The predicted octanol–water partition coefficient (Wildman–Crippen LogP) is 7.26. The number of thiazole rings is 1. The largest absolute Gasteiger partial charge is 0.444 e. The van der Waals surface area contributed by atoms with Crippen LogP contribution >= 0.6 is 11.3 Å². The molecule has 3 aromatic heterocycles. The standard InChI is InChI=1S/C34H32N6O3S/c1-21(39-30-29-31(37-19-36-30)44-20-38-29)27-17-24-9-8-12-26(28(24)32(41)40(27)25-10-6-5-7-11-25)23-15-13-22(14-16-23)18-35-33(42)43-34(2,3)4/h5-17,19-21H,18H2,1-4H3,(H,35,42)(H,36,37,39)/t21-/m0/s1. The summed E-state index contributed by atoms with van der Waals surface area (Å²) in [5.41, 5.74) is 5.97. The highest BCUT2D eigenvalue weighted by Gasteiger charge is 2.20. The van der Waals surface area contributed by atoms with Gasteiger partial charge in [-0.2, -0.15) is 0 Å². The zero-order valence-electron chi connectivity index (χ0n) is 24.9. The van der Waals surface area contributed by atoms with Gasteiger partial charge in [-0.1, -0.05) is 60.7 Å². The van der Waals surface area contributed by atoms with Crippen LogP contribution in [-0.4, -0.2) is 31.2 Å². The van der Waals surface area contributed by atoms with E-state index in [-0.39, 0.29) is 11.6 Å². The maximum absolute atomic E-state index is 14.5. The van der Waals surface area contributed by atoms with Crippen molar-refractivity contribution < 1.29 is 9.53 Å². The monoisotopic (exact) mass is 604 g/mol. The van der Waals surface area contributed by atoms with Crippen LogP contribution in [0.15, 0.2) is 95.5 Å². The molecule has 0 spiro atoms. The molecule has 222 valence electrons. The van der Waals surface area contributed by atoms with Crippen molar-refractivity contribution in [1.29, 1.82) is 0 Å². The Hall–Kier alpha value is -5.09. The Kier molecular flexibility index (Phi) is 7.84. The van der Waals surface area contributed by atoms with Crippen molar-refractivity contribution in [3.63, 3.8) is 0 Å². The molecule has 0 saturated carbocycles. The molecule has 1 atom stereocenters. The predicted molar refractivity (Wildman–Crippen MR) is 175 cm³/mol. The molecule has 3 heterocycles. The second-order valence-electron chi connectivity index (χ2n) is 11.5. The lowest BCUT2D eigenvalue weighted by molar-refractivity contribution is 0.0523. The first-order valence-corrected chi connectivity index (χ1v) is 15.2. The first-order valence-electron chi connectivity index (χ1n) is 14.3. The summed E-state index contributed by atoms with van der Waals surface area (Å²) in [6.45, 7) is 7.83. The van der Waals surface area contributed by atoms with Gasteiger partial charge in [0.2, 0.25) is 0 Å². The first-order chi connectivity index (χ1) is 21.2. The van der Waals surface area contributed by atoms with Crippen molar-refractivity contribution in [2.24, 2.45) is 0 Å². The van der Waals surface area contributed by atoms with E-state index >= 15 is 0 Å². The number of carbonyl (C=O) groups excluding carboxylic acids is 1. The number of nitrogens with zero attached hydrogens (tertiary/aromatic N) is 4. The van der Waals surface area contributed by atoms with Gasteiger partial charge in [0, 0.05) is 17.9 Å². The topological polar surface area (TPSA) is 111 Å². The number of para-hydroxylation sites is 1. The van der Waals surface area contributed by atoms with Crippen molar-refractivity contribution in [2.75, 3.05) is 5.32 Å². The molecular formula is C34H32N6O3S. The van der Waals surface area contributed by atoms with Crippen molar-refractivity contribution in [1.82, 2.24) is 24.8 Å². The summed E-state index contributed by atoms with van der Waals surface area (Å²) in [4.78, 5) is 40.5. The highest BCUT2D eigenvalue weighted by Crippen LogP contribution is 2.31. The summed E-state index contributed by atoms with van der Waals surface area (Å²) in [5, 5.41) is 7.71. The zero-order chi connectivity index (χ0) is 30.8. The summed E-state index contributed by atoms with van der Waals surface area (Å²) < 4.78 is 7.10. The molecule has 0 unspecified atom stereocenters. The summed E-state index contributed by atoms with van der Waals surface area (Å²) in [6.07, 6.45) is 1.05. The van der Waals surface area contributed by atoms with Gasteiger partial charge in [0.05, 0.1) is 16.9 Å². The van der Waals surface area contributed by atoms with Crippen LogP contribution in [0.4, 0.5) is 10.6 Å². The Bertz CT molecular complexity index is 2010. The van der Waals surface area contributed by atoms with E-state index in [1.807, 2.05) is 100 Å². The molecule has 0 saturated heterocycles. The third kappa shape index (κ3) is 6.02. The maximum atomic E-state index is 14.5. The number of rotatable bonds is 7. The van der Waals surface area contributed by atoms with E-state index in [1.165, 1.54) is 17.7 Å². The van der Waals surface area contributed by atoms with Crippen molar-refractivity contribution in [3.8, 4) is 16.8 Å². The minimum absolute atomic E-state index is 0.120. The van der Waals surface area contributed by atoms with Crippen LogP contribution in [0.3, 0.4) is 0 Å². The molecule has 0 aliphatic heterocycles. The van der Waals surface area contributed by atoms with Crippen LogP contribution in [0.1, 0.15) is 45.0 Å². The minimum atomic E-state index is -0.563. The van der Waals surface area contributed by atoms with E-state index in [9.17, 15) is 9.59 Å². The number of pyridine rings is 1. The van der Waals surface area contributed by atoms with Crippen molar-refractivity contribution in [2.45, 2.75) is 45.9 Å². The fourth-order valence-electron chi connectivity index (χ4n) is 5.15. The molecule has 44 heavy (non-hydrogen) atoms. The Morgan fingerprint density at radius 3 is 2.50 bits per heavy atom. The van der Waals surface area contributed by atoms with Gasteiger partial charge in [0.1, 0.15) is 22.3 Å². The molecule has 0 fully saturated rings. The highest BCUT2D eigenvalue weighted by atomic mass is 32.1. The summed E-state index contributed by atoms with van der Waals surface area (Å²) >= 11 is 1.45. The van der Waals surface area contributed by atoms with E-state index < -0.39 is 11.7 Å². The smallest absolute Gasteiger partial charge is 0.407 e. The molecule has 0 radical (unpaired) electrons. The number of ether oxygens (including phenoxy) is 1. The van der Waals surface area contributed by atoms with Crippen LogP contribution in [0.2, 0.25) is 0 Å². The highest BCUT2D eigenvalue weighted by molar-refractivity contribution is 7.16. The van der Waals surface area contributed by atoms with E-state index in [1.54, 1.807) is 10.1 Å². The number of nitrogens with one attached hydrogen (secondary N) is 2. The van der Waals surface area contributed by atoms with Gasteiger partial charge in [0.25, 0.3) is 5.56 Å². The molecule has 2 N–H and O–H groups in total. The number of benzene rings is 3. The third-order valence-corrected chi connectivity index (χ3v) is 7.85. The second-order valence-corrected chi connectivity index (χ2v) is 12.3. The van der Waals surface area contributed by atoms with Gasteiger partial charge in [0.15, 0.2) is 5.82 Å². The average Bonchev–Trinajstić information content (AvgIpc) is 3.50. The van der Waals surface area contributed by atoms with Gasteiger partial charge < -0.3 is 15.4 Å². The molecule has 1 amide bonds. The maximum Gasteiger partial charge on any atom is 0.407 e. The van der Waals surface area contributed by atoms with Crippen LogP contribution in [0.5, 0.6) is 0 Å². The first kappa shape index (κ1) is 29.0. The Labute approximate surface area is 258 Å². The molecule has 3 aromatic carbocycles. The molecule has 0 aliphatic carbocycles. The van der Waals surface area contributed by atoms with Gasteiger partial charge in [-0.25, -0.2) is 19.7 Å².